The van der Waals surface area contributed by atoms with Crippen LogP contribution in [0, 0.1) is 0 Å². The first-order valence-corrected chi connectivity index (χ1v) is 21.7. The van der Waals surface area contributed by atoms with Gasteiger partial charge in [-0.05, 0) is 54.7 Å². The summed E-state index contributed by atoms with van der Waals surface area (Å²) in [5.74, 6) is -4.25. The number of nitrogens with one attached hydrogen (secondary N) is 7. The molecule has 6 amide bonds. The number of amides is 6. The van der Waals surface area contributed by atoms with E-state index in [1.54, 1.807) is 36.7 Å². The van der Waals surface area contributed by atoms with E-state index in [9.17, 15) is 53.7 Å². The number of carbonyl (C=O) groups excluding carboxylic acids is 5. The molecule has 12 N–H and O–H groups in total. The molecule has 2 aromatic carbocycles. The number of aliphatic hydroxyl groups is 1. The smallest absolute Gasteiger partial charge is 0.331 e. The van der Waals surface area contributed by atoms with E-state index >= 15 is 0 Å². The first-order chi connectivity index (χ1) is 31.0. The van der Waals surface area contributed by atoms with Crippen molar-refractivity contribution in [2.45, 2.75) is 75.1 Å². The third kappa shape index (κ3) is 13.0. The third-order valence-corrected chi connectivity index (χ3v) is 11.3. The summed E-state index contributed by atoms with van der Waals surface area (Å²) in [6, 6.07) is 6.53. The molecule has 2 aromatic heterocycles. The lowest BCUT2D eigenvalue weighted by molar-refractivity contribution is -0.140. The monoisotopic (exact) mass is 920 g/mol. The number of rotatable bonds is 20. The molecular formula is C42H52N10O12S. The van der Waals surface area contributed by atoms with Gasteiger partial charge in [-0.3, -0.25) is 33.5 Å². The van der Waals surface area contributed by atoms with Gasteiger partial charge in [0.2, 0.25) is 29.9 Å². The zero-order valence-corrected chi connectivity index (χ0v) is 36.4. The molecule has 22 nitrogen and oxygen atoms in total. The highest BCUT2D eigenvalue weighted by molar-refractivity contribution is 7.98. The highest BCUT2D eigenvalue weighted by Crippen LogP contribution is 2.30. The zero-order valence-electron chi connectivity index (χ0n) is 35.6. The van der Waals surface area contributed by atoms with Crippen LogP contribution in [0.3, 0.4) is 0 Å². The minimum atomic E-state index is -1.60. The fraction of sp³-hybridized carbons (Fsp3) is 0.381. The number of phenols is 1. The molecule has 5 rings (SSSR count). The Morgan fingerprint density at radius 1 is 0.985 bits per heavy atom. The number of carboxylic acids is 1. The maximum absolute atomic E-state index is 14.2. The summed E-state index contributed by atoms with van der Waals surface area (Å²) in [4.78, 5) is 111. The summed E-state index contributed by atoms with van der Waals surface area (Å²) in [5, 5.41) is 44.2. The SMILES string of the molecule is CSCC[C@H](NC(=O)N[C@@H](Cc1c[nH]c2ccccc12)C(=O)O)C(=O)N[C@@H](C(=O)N/C=C1\C[C@@H](O)[C@H](n2ccc(=O)[nH]c2=O)O1)[C@H](C)N(C)C(=O)[C@H](Cc1cccc(O)c1)NC(=O)CN. The highest BCUT2D eigenvalue weighted by atomic mass is 32.2. The van der Waals surface area contributed by atoms with Crippen LogP contribution in [-0.2, 0) is 41.6 Å². The third-order valence-electron chi connectivity index (χ3n) is 10.6. The van der Waals surface area contributed by atoms with Gasteiger partial charge in [0.1, 0.15) is 41.8 Å². The van der Waals surface area contributed by atoms with Crippen LogP contribution < -0.4 is 43.6 Å². The van der Waals surface area contributed by atoms with Gasteiger partial charge in [-0.15, -0.1) is 0 Å². The number of urea groups is 1. The van der Waals surface area contributed by atoms with Gasteiger partial charge in [0.05, 0.1) is 12.6 Å². The van der Waals surface area contributed by atoms with Crippen LogP contribution in [0.5, 0.6) is 5.75 Å². The molecule has 0 saturated carbocycles. The molecule has 0 unspecified atom stereocenters. The minimum Gasteiger partial charge on any atom is -0.508 e. The number of ether oxygens (including phenoxy) is 1. The van der Waals surface area contributed by atoms with Crippen LogP contribution >= 0.6 is 11.8 Å². The van der Waals surface area contributed by atoms with Crippen LogP contribution in [0.1, 0.15) is 37.1 Å². The van der Waals surface area contributed by atoms with Crippen molar-refractivity contribution in [2.24, 2.45) is 5.73 Å². The standard InChI is InChI=1S/C42H52N10O12S/c1-22(51(2)38(59)30(46-34(56)19-43)16-23-7-6-8-25(53)15-23)35(37(58)45-21-26-18-32(54)39(64-26)52-13-11-33(55)49-42(52)63)50-36(57)29(12-14-65-3)47-41(62)48-31(40(60)61)17-24-20-44-28-10-5-4-9-27(24)28/h4-11,13,15,20-22,29-32,35,39,44,53-54H,12,14,16-19,43H2,1-3H3,(H,45,58)(H,46,56)(H,50,57)(H,60,61)(H2,47,48,62)(H,49,55,63)/b26-21+/t22-,29-,30-,31-,32+,35+,39+/m0/s1. The average Bonchev–Trinajstić information content (AvgIpc) is 3.86. The second-order valence-electron chi connectivity index (χ2n) is 15.2. The van der Waals surface area contributed by atoms with E-state index in [1.165, 1.54) is 37.9 Å². The number of benzene rings is 2. The van der Waals surface area contributed by atoms with Gasteiger partial charge in [-0.25, -0.2) is 14.4 Å². The summed E-state index contributed by atoms with van der Waals surface area (Å²) >= 11 is 1.35. The molecule has 23 heteroatoms. The molecule has 1 saturated heterocycles. The Balaban J connectivity index is 1.39. The number of carbonyl (C=O) groups is 6. The second-order valence-corrected chi connectivity index (χ2v) is 16.2. The van der Waals surface area contributed by atoms with Crippen LogP contribution in [0.15, 0.2) is 88.5 Å². The number of para-hydroxylation sites is 1. The lowest BCUT2D eigenvalue weighted by Crippen LogP contribution is -2.62. The normalized spacial score (nSPS) is 17.5. The number of hydrogen-bond acceptors (Lipinski definition) is 13. The Morgan fingerprint density at radius 2 is 1.72 bits per heavy atom. The van der Waals surface area contributed by atoms with Gasteiger partial charge < -0.3 is 62.3 Å². The number of carboxylic acid groups (broad SMARTS) is 1. The number of aromatic amines is 2. The van der Waals surface area contributed by atoms with Crippen molar-refractivity contribution >= 4 is 58.3 Å². The number of aromatic hydroxyl groups is 1. The van der Waals surface area contributed by atoms with Crippen LogP contribution in [0.25, 0.3) is 10.9 Å². The second kappa shape index (κ2) is 22.5. The number of phenolic OH excluding ortho intramolecular Hbond substituents is 1. The largest absolute Gasteiger partial charge is 0.508 e. The molecule has 0 bridgehead atoms. The zero-order chi connectivity index (χ0) is 47.4. The van der Waals surface area contributed by atoms with E-state index in [0.717, 1.165) is 38.8 Å². The number of hydrogen-bond donors (Lipinski definition) is 11. The van der Waals surface area contributed by atoms with Crippen molar-refractivity contribution in [3.05, 3.63) is 111 Å². The number of thioether (sulfide) groups is 1. The van der Waals surface area contributed by atoms with Crippen LogP contribution in [0.2, 0.25) is 0 Å². The Morgan fingerprint density at radius 3 is 2.42 bits per heavy atom. The molecule has 348 valence electrons. The minimum absolute atomic E-state index is 0.00333. The number of H-pyrrole nitrogens is 2. The topological polar surface area (TPSA) is 332 Å². The Kier molecular flexibility index (Phi) is 16.9. The van der Waals surface area contributed by atoms with Crippen LogP contribution in [0.4, 0.5) is 4.79 Å². The van der Waals surface area contributed by atoms with E-state index in [2.05, 4.69) is 36.6 Å². The molecule has 1 fully saturated rings. The first-order valence-electron chi connectivity index (χ1n) is 20.3. The summed E-state index contributed by atoms with van der Waals surface area (Å²) in [6.45, 7) is 0.987. The molecule has 3 heterocycles. The number of fused-ring (bicyclic) bond motifs is 1. The van der Waals surface area contributed by atoms with E-state index in [4.69, 9.17) is 10.5 Å². The summed E-state index contributed by atoms with van der Waals surface area (Å²) in [5.41, 5.74) is 5.90. The average molecular weight is 921 g/mol. The molecule has 0 aliphatic carbocycles. The number of aromatic nitrogens is 3. The number of nitrogens with two attached hydrogens (primary N) is 1. The predicted octanol–water partition coefficient (Wildman–Crippen LogP) is -0.904. The highest BCUT2D eigenvalue weighted by Gasteiger charge is 2.38. The lowest BCUT2D eigenvalue weighted by Gasteiger charge is -2.34. The fourth-order valence-corrected chi connectivity index (χ4v) is 7.55. The molecule has 7 atom stereocenters. The first kappa shape index (κ1) is 48.9. The molecule has 1 aliphatic heterocycles. The van der Waals surface area contributed by atoms with Crippen molar-refractivity contribution in [3.8, 4) is 5.75 Å². The lowest BCUT2D eigenvalue weighted by atomic mass is 10.0. The van der Waals surface area contributed by atoms with Gasteiger partial charge in [0.25, 0.3) is 5.56 Å². The van der Waals surface area contributed by atoms with Gasteiger partial charge >= 0.3 is 17.7 Å². The molecule has 65 heavy (non-hydrogen) atoms. The van der Waals surface area contributed by atoms with E-state index in [1.807, 2.05) is 12.1 Å². The van der Waals surface area contributed by atoms with E-state index < -0.39 is 96.0 Å². The van der Waals surface area contributed by atoms with Gasteiger partial charge in [-0.1, -0.05) is 30.3 Å². The van der Waals surface area contributed by atoms with Crippen molar-refractivity contribution in [1.82, 2.24) is 46.0 Å². The molecule has 0 spiro atoms. The molecular weight excluding hydrogens is 869 g/mol. The number of aliphatic hydroxyl groups excluding tert-OH is 1. The summed E-state index contributed by atoms with van der Waals surface area (Å²) < 4.78 is 6.68. The molecule has 4 aromatic rings. The summed E-state index contributed by atoms with van der Waals surface area (Å²) in [7, 11) is 1.33. The molecule has 0 radical (unpaired) electrons. The van der Waals surface area contributed by atoms with Crippen molar-refractivity contribution < 1.29 is 48.8 Å². The quantitative estimate of drug-likeness (QED) is 0.0512. The number of nitrogens with zero attached hydrogens (tertiary/aromatic N) is 2. The van der Waals surface area contributed by atoms with Crippen molar-refractivity contribution in [1.29, 1.82) is 0 Å². The number of aliphatic carboxylic acids is 1. The van der Waals surface area contributed by atoms with Gasteiger partial charge in [0.15, 0.2) is 0 Å². The molecule has 1 aliphatic rings. The Bertz CT molecular complexity index is 2520. The van der Waals surface area contributed by atoms with Gasteiger partial charge in [0, 0.05) is 61.9 Å². The maximum Gasteiger partial charge on any atom is 0.331 e. The fourth-order valence-electron chi connectivity index (χ4n) is 7.08. The van der Waals surface area contributed by atoms with Crippen LogP contribution in [-0.4, -0.2) is 132 Å². The van der Waals surface area contributed by atoms with Gasteiger partial charge in [-0.2, -0.15) is 11.8 Å². The summed E-state index contributed by atoms with van der Waals surface area (Å²) in [6.07, 6.45) is 2.72. The number of likely N-dealkylation sites (N-methyl/N-ethyl adjacent to an activating group) is 1. The van der Waals surface area contributed by atoms with Crippen molar-refractivity contribution in [3.63, 3.8) is 0 Å². The predicted molar refractivity (Wildman–Crippen MR) is 237 cm³/mol. The Labute approximate surface area is 375 Å². The van der Waals surface area contributed by atoms with E-state index in [0.29, 0.717) is 16.9 Å². The van der Waals surface area contributed by atoms with E-state index in [-0.39, 0.29) is 37.2 Å². The maximum atomic E-state index is 14.2. The Hall–Kier alpha value is -7.11. The van der Waals surface area contributed by atoms with Crippen molar-refractivity contribution in [2.75, 3.05) is 25.6 Å².